The van der Waals surface area contributed by atoms with Gasteiger partial charge in [0.25, 0.3) is 5.89 Å². The van der Waals surface area contributed by atoms with Gasteiger partial charge >= 0.3 is 0 Å². The smallest absolute Gasteiger partial charge is 0.258 e. The summed E-state index contributed by atoms with van der Waals surface area (Å²) in [5.41, 5.74) is 4.18. The van der Waals surface area contributed by atoms with Crippen molar-refractivity contribution in [2.75, 3.05) is 12.0 Å². The van der Waals surface area contributed by atoms with E-state index in [4.69, 9.17) is 14.5 Å². The summed E-state index contributed by atoms with van der Waals surface area (Å²) in [6.45, 7) is 2.13. The molecule has 0 aliphatic rings. The van der Waals surface area contributed by atoms with Gasteiger partial charge in [-0.2, -0.15) is 4.98 Å². The second kappa shape index (κ2) is 11.8. The summed E-state index contributed by atoms with van der Waals surface area (Å²) in [6.07, 6.45) is 2.42. The number of anilines is 1. The average molecular weight is 453 g/mol. The van der Waals surface area contributed by atoms with Crippen LogP contribution in [-0.4, -0.2) is 34.3 Å². The third kappa shape index (κ3) is 6.63. The maximum Gasteiger partial charge on any atom is 0.258 e. The fourth-order valence-electron chi connectivity index (χ4n) is 3.40. The number of aromatic nitrogens is 2. The first-order valence-corrected chi connectivity index (χ1v) is 10.8. The number of hydroxylamine groups is 1. The highest BCUT2D eigenvalue weighted by atomic mass is 16.5. The molecule has 0 saturated carbocycles. The van der Waals surface area contributed by atoms with Crippen LogP contribution in [0.2, 0.25) is 0 Å². The van der Waals surface area contributed by atoms with Gasteiger partial charge in [-0.15, -0.1) is 0 Å². The topological polar surface area (TPSA) is 118 Å². The molecule has 3 aromatic rings. The van der Waals surface area contributed by atoms with Gasteiger partial charge in [0.2, 0.25) is 11.8 Å². The first-order valence-electron chi connectivity index (χ1n) is 10.8. The van der Waals surface area contributed by atoms with Crippen LogP contribution in [0.1, 0.15) is 43.5 Å². The lowest BCUT2D eigenvalue weighted by Gasteiger charge is -2.21. The highest BCUT2D eigenvalue weighted by Crippen LogP contribution is 2.24. The summed E-state index contributed by atoms with van der Waals surface area (Å²) in [7, 11) is 1.58. The summed E-state index contributed by atoms with van der Waals surface area (Å²) in [5.74, 6) is 0.982. The molecule has 174 valence electrons. The molecule has 0 spiro atoms. The van der Waals surface area contributed by atoms with Crippen molar-refractivity contribution in [1.29, 1.82) is 0 Å². The number of hydrogen-bond donors (Lipinski definition) is 2. The van der Waals surface area contributed by atoms with E-state index < -0.39 is 5.91 Å². The maximum atomic E-state index is 13.1. The Morgan fingerprint density at radius 3 is 2.48 bits per heavy atom. The molecule has 0 bridgehead atoms. The van der Waals surface area contributed by atoms with Crippen LogP contribution >= 0.6 is 0 Å². The third-order valence-corrected chi connectivity index (χ3v) is 5.25. The SMILES string of the molecule is COc1ccc(N(Cc2noc(-c3ccccc3C)n2)C(=O)CCCCCC(=O)NO)cc1. The summed E-state index contributed by atoms with van der Waals surface area (Å²) in [4.78, 5) is 30.3. The van der Waals surface area contributed by atoms with E-state index in [9.17, 15) is 9.59 Å². The van der Waals surface area contributed by atoms with Crippen molar-refractivity contribution < 1.29 is 24.1 Å². The van der Waals surface area contributed by atoms with E-state index in [1.165, 1.54) is 0 Å². The molecule has 0 unspecified atom stereocenters. The van der Waals surface area contributed by atoms with Crippen molar-refractivity contribution in [3.05, 3.63) is 59.9 Å². The van der Waals surface area contributed by atoms with Gasteiger partial charge in [-0.1, -0.05) is 29.8 Å². The Morgan fingerprint density at radius 2 is 1.79 bits per heavy atom. The summed E-state index contributed by atoms with van der Waals surface area (Å²) in [5, 5.41) is 12.6. The van der Waals surface area contributed by atoms with Crippen LogP contribution in [0.3, 0.4) is 0 Å². The average Bonchev–Trinajstić information content (AvgIpc) is 3.30. The van der Waals surface area contributed by atoms with E-state index in [-0.39, 0.29) is 18.9 Å². The zero-order valence-corrected chi connectivity index (χ0v) is 18.8. The first-order chi connectivity index (χ1) is 16.0. The Bertz CT molecular complexity index is 1060. The summed E-state index contributed by atoms with van der Waals surface area (Å²) < 4.78 is 10.7. The molecule has 2 amide bonds. The number of benzene rings is 2. The predicted octanol–water partition coefficient (Wildman–Crippen LogP) is 4.04. The largest absolute Gasteiger partial charge is 0.497 e. The van der Waals surface area contributed by atoms with Gasteiger partial charge in [0, 0.05) is 24.1 Å². The molecule has 0 fully saturated rings. The second-order valence-electron chi connectivity index (χ2n) is 7.60. The number of carbonyl (C=O) groups is 2. The standard InChI is InChI=1S/C24H28N4O5/c1-17-8-6-7-9-20(17)24-25-21(27-33-24)16-28(18-12-14-19(32-2)15-13-18)23(30)11-5-3-4-10-22(29)26-31/h6-9,12-15,31H,3-5,10-11,16H2,1-2H3,(H,26,29). The van der Waals surface area contributed by atoms with Gasteiger partial charge in [-0.3, -0.25) is 14.8 Å². The lowest BCUT2D eigenvalue weighted by molar-refractivity contribution is -0.129. The van der Waals surface area contributed by atoms with Crippen LogP contribution in [0.5, 0.6) is 5.75 Å². The van der Waals surface area contributed by atoms with E-state index >= 15 is 0 Å². The molecule has 0 aliphatic heterocycles. The van der Waals surface area contributed by atoms with Crippen molar-refractivity contribution >= 4 is 17.5 Å². The van der Waals surface area contributed by atoms with E-state index in [1.807, 2.05) is 43.3 Å². The van der Waals surface area contributed by atoms with Crippen molar-refractivity contribution in [3.63, 3.8) is 0 Å². The Morgan fingerprint density at radius 1 is 1.06 bits per heavy atom. The van der Waals surface area contributed by atoms with E-state index in [2.05, 4.69) is 10.1 Å². The van der Waals surface area contributed by atoms with Crippen LogP contribution in [-0.2, 0) is 16.1 Å². The minimum atomic E-state index is -0.428. The first kappa shape index (κ1) is 23.9. The van der Waals surface area contributed by atoms with Gasteiger partial charge < -0.3 is 14.2 Å². The molecule has 9 heteroatoms. The number of hydrogen-bond acceptors (Lipinski definition) is 7. The minimum Gasteiger partial charge on any atom is -0.497 e. The Hall–Kier alpha value is -3.72. The van der Waals surface area contributed by atoms with Crippen LogP contribution in [0.15, 0.2) is 53.1 Å². The van der Waals surface area contributed by atoms with Crippen LogP contribution in [0.25, 0.3) is 11.5 Å². The van der Waals surface area contributed by atoms with E-state index in [0.717, 1.165) is 11.1 Å². The van der Waals surface area contributed by atoms with Gasteiger partial charge in [0.15, 0.2) is 5.82 Å². The molecule has 1 heterocycles. The highest BCUT2D eigenvalue weighted by Gasteiger charge is 2.20. The Balaban J connectivity index is 1.71. The zero-order valence-electron chi connectivity index (χ0n) is 18.8. The fraction of sp³-hybridized carbons (Fsp3) is 0.333. The molecule has 3 rings (SSSR count). The normalized spacial score (nSPS) is 10.6. The Kier molecular flexibility index (Phi) is 8.54. The molecule has 9 nitrogen and oxygen atoms in total. The lowest BCUT2D eigenvalue weighted by atomic mass is 10.1. The fourth-order valence-corrected chi connectivity index (χ4v) is 3.40. The van der Waals surface area contributed by atoms with Crippen molar-refractivity contribution in [3.8, 4) is 17.2 Å². The molecular formula is C24H28N4O5. The Labute approximate surface area is 192 Å². The van der Waals surface area contributed by atoms with Crippen molar-refractivity contribution in [2.45, 2.75) is 45.6 Å². The molecule has 33 heavy (non-hydrogen) atoms. The number of aryl methyl sites for hydroxylation is 1. The lowest BCUT2D eigenvalue weighted by Crippen LogP contribution is -2.30. The van der Waals surface area contributed by atoms with Crippen molar-refractivity contribution in [1.82, 2.24) is 15.6 Å². The number of methoxy groups -OCH3 is 1. The summed E-state index contributed by atoms with van der Waals surface area (Å²) in [6, 6.07) is 14.9. The highest BCUT2D eigenvalue weighted by molar-refractivity contribution is 5.93. The second-order valence-corrected chi connectivity index (χ2v) is 7.60. The molecule has 0 saturated heterocycles. The minimum absolute atomic E-state index is 0.0889. The predicted molar refractivity (Wildman–Crippen MR) is 122 cm³/mol. The van der Waals surface area contributed by atoms with Gasteiger partial charge in [-0.05, 0) is 55.7 Å². The van der Waals surface area contributed by atoms with Gasteiger partial charge in [0.1, 0.15) is 5.75 Å². The van der Waals surface area contributed by atoms with Crippen LogP contribution in [0.4, 0.5) is 5.69 Å². The third-order valence-electron chi connectivity index (χ3n) is 5.25. The summed E-state index contributed by atoms with van der Waals surface area (Å²) >= 11 is 0. The van der Waals surface area contributed by atoms with Crippen molar-refractivity contribution in [2.24, 2.45) is 0 Å². The monoisotopic (exact) mass is 452 g/mol. The number of rotatable bonds is 11. The molecule has 0 atom stereocenters. The number of nitrogens with zero attached hydrogens (tertiary/aromatic N) is 3. The molecule has 0 aliphatic carbocycles. The maximum absolute atomic E-state index is 13.1. The molecule has 0 radical (unpaired) electrons. The molecule has 2 N–H and O–H groups in total. The van der Waals surface area contributed by atoms with Gasteiger partial charge in [0.05, 0.1) is 13.7 Å². The zero-order chi connectivity index (χ0) is 23.6. The number of carbonyl (C=O) groups excluding carboxylic acids is 2. The molecular weight excluding hydrogens is 424 g/mol. The number of ether oxygens (including phenoxy) is 1. The van der Waals surface area contributed by atoms with Gasteiger partial charge in [-0.25, -0.2) is 5.48 Å². The van der Waals surface area contributed by atoms with E-state index in [0.29, 0.717) is 48.8 Å². The molecule has 1 aromatic heterocycles. The van der Waals surface area contributed by atoms with E-state index in [1.54, 1.807) is 29.6 Å². The van der Waals surface area contributed by atoms with Crippen LogP contribution < -0.4 is 15.1 Å². The van der Waals surface area contributed by atoms with Crippen LogP contribution in [0, 0.1) is 6.92 Å². The quantitative estimate of drug-likeness (QED) is 0.256. The molecule has 2 aromatic carbocycles. The number of nitrogens with one attached hydrogen (secondary N) is 1. The number of unbranched alkanes of at least 4 members (excludes halogenated alkanes) is 2. The number of amides is 2.